The second-order valence-electron chi connectivity index (χ2n) is 12.3. The summed E-state index contributed by atoms with van der Waals surface area (Å²) in [6.45, 7) is 5.18. The monoisotopic (exact) mass is 715 g/mol. The number of carbonyl (C=O) groups is 4. The Hall–Kier alpha value is -2.37. The average Bonchev–Trinajstić information content (AvgIpc) is 3.56. The number of nitrogens with zero attached hydrogens (tertiary/aromatic N) is 1. The quantitative estimate of drug-likeness (QED) is 0.221. The van der Waals surface area contributed by atoms with E-state index in [1.165, 1.54) is 5.06 Å². The molecule has 3 aliphatic heterocycles. The lowest BCUT2D eigenvalue weighted by Crippen LogP contribution is -2.69. The van der Waals surface area contributed by atoms with E-state index in [0.29, 0.717) is 0 Å². The fourth-order valence-corrected chi connectivity index (χ4v) is 6.61. The molecule has 2 bridgehead atoms. The van der Waals surface area contributed by atoms with Crippen LogP contribution in [0.2, 0.25) is 0 Å². The molecule has 7 atom stereocenters. The maximum atomic E-state index is 14.0. The van der Waals surface area contributed by atoms with Crippen LogP contribution in [0.1, 0.15) is 52.0 Å². The predicted molar refractivity (Wildman–Crippen MR) is 157 cm³/mol. The number of rotatable bonds is 11. The van der Waals surface area contributed by atoms with E-state index in [9.17, 15) is 24.3 Å². The standard InChI is InChI=1S/C29H38IN3O10/c1-28(2,3)42-21(36)9-8-18(14-34)32-20(35)10-11-31-27(38)29-12-19-22-23(40-15-39-22)25(29)43-33(24(29)26(37)41-19)13-16-4-6-17(30)7-5-16/h4-7,18-19,22-25,34H,8-15H2,1-3H3,(H,31,38)(H,32,35)/t18-,19+,22-,23-,24-,25+,29-/m0/s1. The first kappa shape index (κ1) is 32.0. The van der Waals surface area contributed by atoms with E-state index in [-0.39, 0.29) is 52.2 Å². The lowest BCUT2D eigenvalue weighted by atomic mass is 9.62. The number of ether oxygens (including phenoxy) is 4. The number of esters is 2. The van der Waals surface area contributed by atoms with Crippen molar-refractivity contribution >= 4 is 46.3 Å². The van der Waals surface area contributed by atoms with E-state index in [1.54, 1.807) is 20.8 Å². The van der Waals surface area contributed by atoms with Crippen LogP contribution in [-0.4, -0.2) is 96.0 Å². The van der Waals surface area contributed by atoms with Crippen molar-refractivity contribution in [1.82, 2.24) is 15.7 Å². The van der Waals surface area contributed by atoms with Crippen molar-refractivity contribution < 1.29 is 48.1 Å². The highest BCUT2D eigenvalue weighted by Crippen LogP contribution is 2.55. The summed E-state index contributed by atoms with van der Waals surface area (Å²) in [7, 11) is 0. The van der Waals surface area contributed by atoms with Crippen molar-refractivity contribution in [3.05, 3.63) is 33.4 Å². The normalized spacial score (nSPS) is 30.3. The van der Waals surface area contributed by atoms with Crippen LogP contribution in [0.4, 0.5) is 0 Å². The van der Waals surface area contributed by atoms with Gasteiger partial charge in [0.1, 0.15) is 42.2 Å². The molecule has 2 amide bonds. The maximum Gasteiger partial charge on any atom is 0.327 e. The minimum Gasteiger partial charge on any atom is -0.460 e. The van der Waals surface area contributed by atoms with Gasteiger partial charge in [0.25, 0.3) is 0 Å². The molecule has 1 aromatic carbocycles. The van der Waals surface area contributed by atoms with Crippen molar-refractivity contribution in [1.29, 1.82) is 0 Å². The molecule has 4 fully saturated rings. The molecule has 3 heterocycles. The number of nitrogens with one attached hydrogen (secondary N) is 2. The molecule has 13 nitrogen and oxygen atoms in total. The highest BCUT2D eigenvalue weighted by atomic mass is 127. The summed E-state index contributed by atoms with van der Waals surface area (Å²) in [5, 5.41) is 16.7. The molecule has 0 unspecified atom stereocenters. The van der Waals surface area contributed by atoms with Crippen LogP contribution < -0.4 is 10.6 Å². The Morgan fingerprint density at radius 2 is 1.88 bits per heavy atom. The molecule has 43 heavy (non-hydrogen) atoms. The van der Waals surface area contributed by atoms with E-state index in [4.69, 9.17) is 23.8 Å². The van der Waals surface area contributed by atoms with E-state index in [0.717, 1.165) is 9.13 Å². The summed E-state index contributed by atoms with van der Waals surface area (Å²) in [4.78, 5) is 58.4. The zero-order valence-corrected chi connectivity index (χ0v) is 26.5. The van der Waals surface area contributed by atoms with Crippen LogP contribution in [0.3, 0.4) is 0 Å². The Bertz CT molecular complexity index is 1220. The molecule has 3 N–H and O–H groups in total. The average molecular weight is 716 g/mol. The first-order chi connectivity index (χ1) is 20.4. The first-order valence-corrected chi connectivity index (χ1v) is 15.5. The van der Waals surface area contributed by atoms with Gasteiger partial charge < -0.3 is 34.7 Å². The van der Waals surface area contributed by atoms with E-state index in [2.05, 4.69) is 33.2 Å². The third-order valence-electron chi connectivity index (χ3n) is 8.09. The zero-order chi connectivity index (χ0) is 30.9. The molecular formula is C29H38IN3O10. The Kier molecular flexibility index (Phi) is 9.63. The Morgan fingerprint density at radius 3 is 2.58 bits per heavy atom. The number of hydrogen-bond acceptors (Lipinski definition) is 11. The fraction of sp³-hybridized carbons (Fsp3) is 0.655. The summed E-state index contributed by atoms with van der Waals surface area (Å²) in [5.41, 5.74) is -1.04. The van der Waals surface area contributed by atoms with Gasteiger partial charge in [-0.25, -0.2) is 0 Å². The summed E-state index contributed by atoms with van der Waals surface area (Å²) in [5.74, 6) is -1.82. The third-order valence-corrected chi connectivity index (χ3v) is 8.81. The summed E-state index contributed by atoms with van der Waals surface area (Å²) in [6, 6.07) is 6.10. The SMILES string of the molecule is CC(C)(C)OC(=O)CC[C@@H](CO)NC(=O)CCNC(=O)[C@@]12C[C@H]3OC(=O)[C@@H]1N(Cc1ccc(I)cc1)O[C@@H]2[C@H]1OCO[C@H]13. The number of aliphatic hydroxyl groups excluding tert-OH is 1. The zero-order valence-electron chi connectivity index (χ0n) is 24.4. The van der Waals surface area contributed by atoms with Gasteiger partial charge in [-0.15, -0.1) is 0 Å². The molecule has 1 aromatic rings. The van der Waals surface area contributed by atoms with Gasteiger partial charge in [0.2, 0.25) is 11.8 Å². The maximum absolute atomic E-state index is 14.0. The highest BCUT2D eigenvalue weighted by Gasteiger charge is 2.74. The minimum absolute atomic E-state index is 0.00283. The number of fused-ring (bicyclic) bond motifs is 4. The molecule has 0 radical (unpaired) electrons. The van der Waals surface area contributed by atoms with Crippen LogP contribution in [-0.2, 0) is 49.5 Å². The number of carbonyl (C=O) groups excluding carboxylic acids is 4. The molecule has 236 valence electrons. The number of halogens is 1. The second kappa shape index (κ2) is 12.9. The lowest BCUT2D eigenvalue weighted by molar-refractivity contribution is -0.201. The summed E-state index contributed by atoms with van der Waals surface area (Å²) >= 11 is 2.21. The largest absolute Gasteiger partial charge is 0.460 e. The van der Waals surface area contributed by atoms with Gasteiger partial charge in [0.05, 0.1) is 19.2 Å². The smallest absolute Gasteiger partial charge is 0.327 e. The van der Waals surface area contributed by atoms with Crippen molar-refractivity contribution in [2.75, 3.05) is 19.9 Å². The second-order valence-corrected chi connectivity index (χ2v) is 13.6. The molecule has 0 spiro atoms. The Morgan fingerprint density at radius 1 is 1.16 bits per heavy atom. The van der Waals surface area contributed by atoms with Crippen molar-refractivity contribution in [2.24, 2.45) is 5.41 Å². The molecule has 0 aromatic heterocycles. The van der Waals surface area contributed by atoms with Gasteiger partial charge in [-0.1, -0.05) is 12.1 Å². The highest BCUT2D eigenvalue weighted by molar-refractivity contribution is 14.1. The van der Waals surface area contributed by atoms with Crippen molar-refractivity contribution in [3.63, 3.8) is 0 Å². The predicted octanol–water partition coefficient (Wildman–Crippen LogP) is 0.938. The number of aliphatic hydroxyl groups is 1. The van der Waals surface area contributed by atoms with Gasteiger partial charge in [-0.3, -0.25) is 24.0 Å². The van der Waals surface area contributed by atoms with E-state index < -0.39 is 71.3 Å². The molecular weight excluding hydrogens is 677 g/mol. The lowest BCUT2D eigenvalue weighted by Gasteiger charge is -2.48. The van der Waals surface area contributed by atoms with Crippen LogP contribution in [0.15, 0.2) is 24.3 Å². The van der Waals surface area contributed by atoms with Gasteiger partial charge >= 0.3 is 11.9 Å². The molecule has 3 saturated heterocycles. The van der Waals surface area contributed by atoms with Gasteiger partial charge in [0.15, 0.2) is 6.04 Å². The number of hydrogen-bond donors (Lipinski definition) is 3. The van der Waals surface area contributed by atoms with Crippen LogP contribution >= 0.6 is 22.6 Å². The van der Waals surface area contributed by atoms with Crippen LogP contribution in [0, 0.1) is 8.99 Å². The van der Waals surface area contributed by atoms with E-state index >= 15 is 0 Å². The van der Waals surface area contributed by atoms with Crippen LogP contribution in [0.25, 0.3) is 0 Å². The number of amides is 2. The minimum atomic E-state index is -1.31. The first-order valence-electron chi connectivity index (χ1n) is 14.4. The van der Waals surface area contributed by atoms with Crippen molar-refractivity contribution in [2.45, 2.75) is 95.1 Å². The van der Waals surface area contributed by atoms with Gasteiger partial charge in [-0.2, -0.15) is 5.06 Å². The van der Waals surface area contributed by atoms with Gasteiger partial charge in [-0.05, 0) is 67.5 Å². The van der Waals surface area contributed by atoms with E-state index in [1.807, 2.05) is 24.3 Å². The fourth-order valence-electron chi connectivity index (χ4n) is 6.25. The molecule has 1 aliphatic carbocycles. The third kappa shape index (κ3) is 6.83. The Labute approximate surface area is 263 Å². The summed E-state index contributed by atoms with van der Waals surface area (Å²) in [6.07, 6.45) is -2.26. The number of hydroxylamine groups is 2. The molecule has 5 rings (SSSR count). The molecule has 1 saturated carbocycles. The Balaban J connectivity index is 1.23. The number of benzene rings is 1. The van der Waals surface area contributed by atoms with Crippen molar-refractivity contribution in [3.8, 4) is 0 Å². The van der Waals surface area contributed by atoms with Gasteiger partial charge in [0, 0.05) is 29.4 Å². The van der Waals surface area contributed by atoms with Crippen LogP contribution in [0.5, 0.6) is 0 Å². The summed E-state index contributed by atoms with van der Waals surface area (Å²) < 4.78 is 23.7. The molecule has 4 aliphatic rings. The molecule has 14 heteroatoms. The topological polar surface area (TPSA) is 162 Å².